The molecule has 1 fully saturated rings. The van der Waals surface area contributed by atoms with Crippen molar-refractivity contribution < 1.29 is 23.7 Å². The van der Waals surface area contributed by atoms with Crippen LogP contribution in [0.15, 0.2) is 59.2 Å². The van der Waals surface area contributed by atoms with Gasteiger partial charge >= 0.3 is 0 Å². The van der Waals surface area contributed by atoms with Crippen LogP contribution >= 0.6 is 0 Å². The van der Waals surface area contributed by atoms with E-state index in [4.69, 9.17) is 4.52 Å². The first-order valence-corrected chi connectivity index (χ1v) is 10.7. The highest BCUT2D eigenvalue weighted by Crippen LogP contribution is 2.25. The van der Waals surface area contributed by atoms with Gasteiger partial charge in [0.2, 0.25) is 23.5 Å². The molecule has 1 aromatic carbocycles. The van der Waals surface area contributed by atoms with Crippen LogP contribution in [0.2, 0.25) is 0 Å². The molecule has 2 aliphatic rings. The predicted molar refractivity (Wildman–Crippen MR) is 118 cm³/mol. The third-order valence-corrected chi connectivity index (χ3v) is 5.71. The SMILES string of the molecule is CN(Cc1nc(-c2cccc(-c3ccncn3)c2)no1)C1=CC(=O)N(C2CCC(=O)NC2=O)C1=O. The molecule has 2 aliphatic heterocycles. The molecule has 0 bridgehead atoms. The summed E-state index contributed by atoms with van der Waals surface area (Å²) >= 11 is 0. The lowest BCUT2D eigenvalue weighted by Crippen LogP contribution is -2.54. The number of likely N-dealkylation sites (N-methyl/N-ethyl adjacent to an activating group) is 1. The van der Waals surface area contributed by atoms with E-state index in [-0.39, 0.29) is 31.0 Å². The fraction of sp³-hybridized carbons (Fsp3) is 0.217. The second-order valence-electron chi connectivity index (χ2n) is 8.05. The fourth-order valence-corrected chi connectivity index (χ4v) is 3.97. The smallest absolute Gasteiger partial charge is 0.277 e. The Morgan fingerprint density at radius 3 is 2.77 bits per heavy atom. The number of piperidine rings is 1. The van der Waals surface area contributed by atoms with Crippen molar-refractivity contribution in [1.29, 1.82) is 0 Å². The van der Waals surface area contributed by atoms with E-state index in [0.29, 0.717) is 11.4 Å². The van der Waals surface area contributed by atoms with Gasteiger partial charge in [-0.2, -0.15) is 4.98 Å². The number of carbonyl (C=O) groups excluding carboxylic acids is 4. The molecule has 35 heavy (non-hydrogen) atoms. The number of aromatic nitrogens is 4. The number of nitrogens with one attached hydrogen (secondary N) is 1. The van der Waals surface area contributed by atoms with Crippen LogP contribution in [-0.2, 0) is 25.7 Å². The summed E-state index contributed by atoms with van der Waals surface area (Å²) in [5.74, 6) is -1.73. The summed E-state index contributed by atoms with van der Waals surface area (Å²) in [6, 6.07) is 8.24. The first kappa shape index (κ1) is 22.1. The van der Waals surface area contributed by atoms with Crippen LogP contribution in [0.4, 0.5) is 0 Å². The minimum atomic E-state index is -1.02. The zero-order valence-corrected chi connectivity index (χ0v) is 18.5. The Bertz CT molecular complexity index is 1370. The second kappa shape index (κ2) is 8.89. The van der Waals surface area contributed by atoms with Gasteiger partial charge in [0, 0.05) is 36.9 Å². The Morgan fingerprint density at radius 2 is 2.00 bits per heavy atom. The molecule has 0 spiro atoms. The van der Waals surface area contributed by atoms with E-state index in [9.17, 15) is 19.2 Å². The molecule has 5 rings (SSSR count). The molecule has 176 valence electrons. The van der Waals surface area contributed by atoms with Crippen molar-refractivity contribution >= 4 is 23.6 Å². The minimum absolute atomic E-state index is 0.0574. The normalized spacial score (nSPS) is 18.0. The molecule has 0 saturated carbocycles. The van der Waals surface area contributed by atoms with Gasteiger partial charge in [0.05, 0.1) is 12.2 Å². The number of benzene rings is 1. The summed E-state index contributed by atoms with van der Waals surface area (Å²) in [7, 11) is 1.60. The molecule has 3 aromatic rings. The highest BCUT2D eigenvalue weighted by atomic mass is 16.5. The Morgan fingerprint density at radius 1 is 1.17 bits per heavy atom. The number of nitrogens with zero attached hydrogens (tertiary/aromatic N) is 6. The lowest BCUT2D eigenvalue weighted by atomic mass is 10.0. The second-order valence-corrected chi connectivity index (χ2v) is 8.05. The van der Waals surface area contributed by atoms with E-state index in [1.165, 1.54) is 11.2 Å². The molecule has 4 heterocycles. The molecule has 1 unspecified atom stereocenters. The van der Waals surface area contributed by atoms with Gasteiger partial charge in [0.1, 0.15) is 18.1 Å². The van der Waals surface area contributed by atoms with Gasteiger partial charge in [-0.1, -0.05) is 23.4 Å². The van der Waals surface area contributed by atoms with Crippen LogP contribution in [0.3, 0.4) is 0 Å². The molecule has 4 amide bonds. The summed E-state index contributed by atoms with van der Waals surface area (Å²) in [5, 5.41) is 6.19. The number of imide groups is 2. The molecule has 12 nitrogen and oxygen atoms in total. The Labute approximate surface area is 198 Å². The van der Waals surface area contributed by atoms with Crippen LogP contribution in [0.1, 0.15) is 18.7 Å². The van der Waals surface area contributed by atoms with E-state index >= 15 is 0 Å². The molecule has 0 aliphatic carbocycles. The molecular weight excluding hydrogens is 454 g/mol. The topological polar surface area (TPSA) is 151 Å². The maximum Gasteiger partial charge on any atom is 0.277 e. The van der Waals surface area contributed by atoms with E-state index in [0.717, 1.165) is 22.2 Å². The van der Waals surface area contributed by atoms with Crippen molar-refractivity contribution in [3.8, 4) is 22.6 Å². The van der Waals surface area contributed by atoms with Gasteiger partial charge in [-0.05, 0) is 18.6 Å². The van der Waals surface area contributed by atoms with E-state index in [2.05, 4.69) is 25.4 Å². The summed E-state index contributed by atoms with van der Waals surface area (Å²) in [6.07, 6.45) is 4.43. The highest BCUT2D eigenvalue weighted by molar-refractivity contribution is 6.18. The Balaban J connectivity index is 1.29. The molecule has 12 heteroatoms. The third kappa shape index (κ3) is 4.28. The number of amides is 4. The summed E-state index contributed by atoms with van der Waals surface area (Å²) < 4.78 is 5.36. The Kier molecular flexibility index (Phi) is 5.61. The van der Waals surface area contributed by atoms with Crippen LogP contribution in [0.5, 0.6) is 0 Å². The van der Waals surface area contributed by atoms with E-state index < -0.39 is 29.7 Å². The largest absolute Gasteiger partial charge is 0.361 e. The molecule has 1 saturated heterocycles. The lowest BCUT2D eigenvalue weighted by Gasteiger charge is -2.29. The van der Waals surface area contributed by atoms with Gasteiger partial charge < -0.3 is 9.42 Å². The van der Waals surface area contributed by atoms with Crippen molar-refractivity contribution in [2.75, 3.05) is 7.05 Å². The number of carbonyl (C=O) groups is 4. The van der Waals surface area contributed by atoms with Gasteiger partial charge in [0.15, 0.2) is 0 Å². The zero-order valence-electron chi connectivity index (χ0n) is 18.5. The van der Waals surface area contributed by atoms with Crippen molar-refractivity contribution in [1.82, 2.24) is 35.2 Å². The standard InChI is InChI=1S/C23H19N7O5/c1-29(17-10-20(32)30(23(17)34)16-5-6-18(31)26-22(16)33)11-19-27-21(28-35-19)14-4-2-3-13(9-14)15-7-8-24-12-25-15/h2-4,7-10,12,16H,5-6,11H2,1H3,(H,26,31,33). The average molecular weight is 473 g/mol. The van der Waals surface area contributed by atoms with Crippen molar-refractivity contribution in [2.45, 2.75) is 25.4 Å². The first-order chi connectivity index (χ1) is 16.9. The van der Waals surface area contributed by atoms with Crippen molar-refractivity contribution in [2.24, 2.45) is 0 Å². The van der Waals surface area contributed by atoms with Crippen LogP contribution < -0.4 is 5.32 Å². The molecular formula is C23H19N7O5. The average Bonchev–Trinajstić information content (AvgIpc) is 3.44. The van der Waals surface area contributed by atoms with Gasteiger partial charge in [0.25, 0.3) is 11.8 Å². The number of hydrogen-bond acceptors (Lipinski definition) is 10. The zero-order chi connectivity index (χ0) is 24.5. The quantitative estimate of drug-likeness (QED) is 0.506. The molecule has 1 N–H and O–H groups in total. The molecule has 2 aromatic heterocycles. The lowest BCUT2D eigenvalue weighted by molar-refractivity contribution is -0.150. The maximum absolute atomic E-state index is 12.9. The van der Waals surface area contributed by atoms with Crippen molar-refractivity contribution in [3.63, 3.8) is 0 Å². The maximum atomic E-state index is 12.9. The van der Waals surface area contributed by atoms with Crippen LogP contribution in [0.25, 0.3) is 22.6 Å². The first-order valence-electron chi connectivity index (χ1n) is 10.7. The van der Waals surface area contributed by atoms with Crippen LogP contribution in [-0.4, -0.2) is 66.6 Å². The Hall–Kier alpha value is -4.74. The predicted octanol–water partition coefficient (Wildman–Crippen LogP) is 0.683. The number of rotatable bonds is 6. The van der Waals surface area contributed by atoms with Gasteiger partial charge in [-0.15, -0.1) is 0 Å². The van der Waals surface area contributed by atoms with Gasteiger partial charge in [-0.25, -0.2) is 9.97 Å². The molecule has 0 radical (unpaired) electrons. The van der Waals surface area contributed by atoms with E-state index in [1.807, 2.05) is 24.3 Å². The summed E-state index contributed by atoms with van der Waals surface area (Å²) in [5.41, 5.74) is 2.42. The monoisotopic (exact) mass is 473 g/mol. The van der Waals surface area contributed by atoms with Crippen molar-refractivity contribution in [3.05, 3.63) is 60.5 Å². The third-order valence-electron chi connectivity index (χ3n) is 5.71. The van der Waals surface area contributed by atoms with Gasteiger partial charge in [-0.3, -0.25) is 29.4 Å². The van der Waals surface area contributed by atoms with Crippen LogP contribution in [0, 0.1) is 0 Å². The summed E-state index contributed by atoms with van der Waals surface area (Å²) in [6.45, 7) is 0.0621. The minimum Gasteiger partial charge on any atom is -0.361 e. The summed E-state index contributed by atoms with van der Waals surface area (Å²) in [4.78, 5) is 63.9. The number of hydrogen-bond donors (Lipinski definition) is 1. The fourth-order valence-electron chi connectivity index (χ4n) is 3.97. The molecule has 1 atom stereocenters. The van der Waals surface area contributed by atoms with E-state index in [1.54, 1.807) is 19.3 Å². The highest BCUT2D eigenvalue weighted by Gasteiger charge is 2.43.